The second kappa shape index (κ2) is 5.16. The highest BCUT2D eigenvalue weighted by atomic mass is 79.9. The number of sulfonamides is 1. The summed E-state index contributed by atoms with van der Waals surface area (Å²) in [5.41, 5.74) is 5.99. The van der Waals surface area contributed by atoms with Gasteiger partial charge in [-0.25, -0.2) is 13.1 Å². The number of anilines is 1. The third kappa shape index (κ3) is 3.03. The molecule has 2 rings (SSSR count). The summed E-state index contributed by atoms with van der Waals surface area (Å²) in [4.78, 5) is 2.23. The fraction of sp³-hybridized carbons (Fsp3) is 0.455. The number of nitrogens with zero attached hydrogens (tertiary/aromatic N) is 1. The van der Waals surface area contributed by atoms with Crippen LogP contribution in [0.15, 0.2) is 27.6 Å². The highest BCUT2D eigenvalue weighted by Gasteiger charge is 2.26. The molecule has 0 aliphatic carbocycles. The lowest BCUT2D eigenvalue weighted by Gasteiger charge is -2.14. The highest BCUT2D eigenvalue weighted by Crippen LogP contribution is 2.23. The Hall–Kier alpha value is -0.630. The van der Waals surface area contributed by atoms with E-state index in [9.17, 15) is 8.42 Å². The number of rotatable bonds is 3. The van der Waals surface area contributed by atoms with Crippen LogP contribution in [-0.4, -0.2) is 39.5 Å². The van der Waals surface area contributed by atoms with E-state index in [2.05, 4.69) is 25.6 Å². The molecular formula is C11H16BrN3O2S. The Balaban J connectivity index is 2.23. The van der Waals surface area contributed by atoms with Gasteiger partial charge in [-0.2, -0.15) is 0 Å². The molecule has 5 nitrogen and oxygen atoms in total. The second-order valence-corrected chi connectivity index (χ2v) is 7.15. The van der Waals surface area contributed by atoms with Crippen molar-refractivity contribution in [2.24, 2.45) is 0 Å². The zero-order valence-electron chi connectivity index (χ0n) is 10.1. The van der Waals surface area contributed by atoms with Crippen molar-refractivity contribution in [2.75, 3.05) is 25.9 Å². The van der Waals surface area contributed by atoms with Gasteiger partial charge in [0.15, 0.2) is 0 Å². The van der Waals surface area contributed by atoms with Gasteiger partial charge >= 0.3 is 0 Å². The average molecular weight is 334 g/mol. The Morgan fingerprint density at radius 2 is 2.22 bits per heavy atom. The van der Waals surface area contributed by atoms with Gasteiger partial charge in [-0.15, -0.1) is 0 Å². The standard InChI is InChI=1S/C11H16BrN3O2S/c1-15-5-4-9(7-15)14-18(16,17)11-6-8(12)2-3-10(11)13/h2-3,6,9,14H,4-5,7,13H2,1H3. The maximum atomic E-state index is 12.2. The van der Waals surface area contributed by atoms with Gasteiger partial charge in [-0.05, 0) is 38.2 Å². The molecular weight excluding hydrogens is 318 g/mol. The average Bonchev–Trinajstić information content (AvgIpc) is 2.66. The third-order valence-corrected chi connectivity index (χ3v) is 5.05. The van der Waals surface area contributed by atoms with Crippen LogP contribution in [0.1, 0.15) is 6.42 Å². The quantitative estimate of drug-likeness (QED) is 0.809. The molecule has 1 fully saturated rings. The molecule has 18 heavy (non-hydrogen) atoms. The molecule has 1 unspecified atom stereocenters. The molecule has 1 saturated heterocycles. The Morgan fingerprint density at radius 1 is 1.50 bits per heavy atom. The zero-order chi connectivity index (χ0) is 13.3. The van der Waals surface area contributed by atoms with E-state index in [1.807, 2.05) is 7.05 Å². The topological polar surface area (TPSA) is 75.4 Å². The van der Waals surface area contributed by atoms with E-state index in [0.29, 0.717) is 4.47 Å². The summed E-state index contributed by atoms with van der Waals surface area (Å²) in [5.74, 6) is 0. The predicted molar refractivity (Wildman–Crippen MR) is 74.8 cm³/mol. The molecule has 0 bridgehead atoms. The first-order valence-corrected chi connectivity index (χ1v) is 7.92. The van der Waals surface area contributed by atoms with Gasteiger partial charge < -0.3 is 10.6 Å². The van der Waals surface area contributed by atoms with Gasteiger partial charge in [0.1, 0.15) is 4.90 Å². The van der Waals surface area contributed by atoms with Crippen molar-refractivity contribution in [3.8, 4) is 0 Å². The summed E-state index contributed by atoms with van der Waals surface area (Å²) in [6, 6.07) is 4.78. The minimum atomic E-state index is -3.55. The van der Waals surface area contributed by atoms with Crippen molar-refractivity contribution in [1.82, 2.24) is 9.62 Å². The van der Waals surface area contributed by atoms with Gasteiger partial charge in [0, 0.05) is 17.1 Å². The number of nitrogens with two attached hydrogens (primary N) is 1. The van der Waals surface area contributed by atoms with Crippen LogP contribution in [0.3, 0.4) is 0 Å². The second-order valence-electron chi connectivity index (χ2n) is 4.55. The van der Waals surface area contributed by atoms with E-state index in [0.717, 1.165) is 19.5 Å². The largest absolute Gasteiger partial charge is 0.398 e. The van der Waals surface area contributed by atoms with Crippen LogP contribution in [0.25, 0.3) is 0 Å². The Bertz CT molecular complexity index is 547. The van der Waals surface area contributed by atoms with Crippen LogP contribution >= 0.6 is 15.9 Å². The Kier molecular flexibility index (Phi) is 3.96. The molecule has 1 aromatic rings. The zero-order valence-corrected chi connectivity index (χ0v) is 12.5. The molecule has 0 amide bonds. The molecule has 1 aromatic carbocycles. The van der Waals surface area contributed by atoms with Crippen molar-refractivity contribution in [1.29, 1.82) is 0 Å². The molecule has 1 atom stereocenters. The Labute approximate surface area is 116 Å². The maximum Gasteiger partial charge on any atom is 0.242 e. The molecule has 1 aliphatic rings. The Morgan fingerprint density at radius 3 is 2.83 bits per heavy atom. The predicted octanol–water partition coefficient (Wildman–Crippen LogP) is 1.01. The molecule has 0 spiro atoms. The molecule has 1 aliphatic heterocycles. The normalized spacial score (nSPS) is 21.3. The van der Waals surface area contributed by atoms with Crippen LogP contribution in [0.5, 0.6) is 0 Å². The number of hydrogen-bond donors (Lipinski definition) is 2. The van der Waals surface area contributed by atoms with E-state index in [-0.39, 0.29) is 16.6 Å². The van der Waals surface area contributed by atoms with E-state index in [4.69, 9.17) is 5.73 Å². The first-order valence-electron chi connectivity index (χ1n) is 5.64. The van der Waals surface area contributed by atoms with Crippen LogP contribution in [0.4, 0.5) is 5.69 Å². The van der Waals surface area contributed by atoms with Crippen molar-refractivity contribution < 1.29 is 8.42 Å². The summed E-state index contributed by atoms with van der Waals surface area (Å²) in [5, 5.41) is 0. The minimum absolute atomic E-state index is 0.0432. The summed E-state index contributed by atoms with van der Waals surface area (Å²) >= 11 is 3.26. The van der Waals surface area contributed by atoms with Gasteiger partial charge in [0.2, 0.25) is 10.0 Å². The SMILES string of the molecule is CN1CCC(NS(=O)(=O)c2cc(Br)ccc2N)C1. The van der Waals surface area contributed by atoms with E-state index < -0.39 is 10.0 Å². The molecule has 0 saturated carbocycles. The number of likely N-dealkylation sites (N-methyl/N-ethyl adjacent to an activating group) is 1. The molecule has 100 valence electrons. The van der Waals surface area contributed by atoms with Gasteiger partial charge in [0.05, 0.1) is 5.69 Å². The number of hydrogen-bond acceptors (Lipinski definition) is 4. The maximum absolute atomic E-state index is 12.2. The summed E-state index contributed by atoms with van der Waals surface area (Å²) in [6.07, 6.45) is 0.823. The monoisotopic (exact) mass is 333 g/mol. The van der Waals surface area contributed by atoms with Gasteiger partial charge in [-0.1, -0.05) is 15.9 Å². The number of halogens is 1. The highest BCUT2D eigenvalue weighted by molar-refractivity contribution is 9.10. The van der Waals surface area contributed by atoms with Crippen molar-refractivity contribution >= 4 is 31.6 Å². The first-order chi connectivity index (χ1) is 8.38. The van der Waals surface area contributed by atoms with Crippen molar-refractivity contribution in [3.05, 3.63) is 22.7 Å². The van der Waals surface area contributed by atoms with Crippen LogP contribution in [-0.2, 0) is 10.0 Å². The number of nitrogen functional groups attached to an aromatic ring is 1. The fourth-order valence-corrected chi connectivity index (χ4v) is 3.99. The summed E-state index contributed by atoms with van der Waals surface area (Å²) in [6.45, 7) is 1.63. The lowest BCUT2D eigenvalue weighted by atomic mass is 10.3. The molecule has 0 aromatic heterocycles. The summed E-state index contributed by atoms with van der Waals surface area (Å²) in [7, 11) is -1.58. The lowest BCUT2D eigenvalue weighted by Crippen LogP contribution is -2.36. The van der Waals surface area contributed by atoms with Crippen molar-refractivity contribution in [3.63, 3.8) is 0 Å². The summed E-state index contributed by atoms with van der Waals surface area (Å²) < 4.78 is 27.9. The van der Waals surface area contributed by atoms with E-state index >= 15 is 0 Å². The van der Waals surface area contributed by atoms with Gasteiger partial charge in [0.25, 0.3) is 0 Å². The van der Waals surface area contributed by atoms with E-state index in [1.54, 1.807) is 12.1 Å². The smallest absolute Gasteiger partial charge is 0.242 e. The van der Waals surface area contributed by atoms with Crippen LogP contribution in [0.2, 0.25) is 0 Å². The van der Waals surface area contributed by atoms with Gasteiger partial charge in [-0.3, -0.25) is 0 Å². The lowest BCUT2D eigenvalue weighted by molar-refractivity contribution is 0.407. The fourth-order valence-electron chi connectivity index (χ4n) is 2.06. The van der Waals surface area contributed by atoms with Crippen molar-refractivity contribution in [2.45, 2.75) is 17.4 Å². The molecule has 1 heterocycles. The van der Waals surface area contributed by atoms with E-state index in [1.165, 1.54) is 6.07 Å². The number of benzene rings is 1. The number of likely N-dealkylation sites (tertiary alicyclic amines) is 1. The van der Waals surface area contributed by atoms with Crippen LogP contribution in [0, 0.1) is 0 Å². The van der Waals surface area contributed by atoms with Crippen LogP contribution < -0.4 is 10.5 Å². The molecule has 7 heteroatoms. The molecule has 3 N–H and O–H groups in total. The number of nitrogens with one attached hydrogen (secondary N) is 1. The third-order valence-electron chi connectivity index (χ3n) is 2.98. The first kappa shape index (κ1) is 13.8. The molecule has 0 radical (unpaired) electrons. The minimum Gasteiger partial charge on any atom is -0.398 e.